The largest absolute Gasteiger partial charge is 0.399 e. The molecule has 1 fully saturated rings. The molecule has 0 saturated carbocycles. The molecule has 1 aliphatic heterocycles. The van der Waals surface area contributed by atoms with E-state index >= 15 is 0 Å². The fraction of sp³-hybridized carbons (Fsp3) is 0.462. The van der Waals surface area contributed by atoms with Gasteiger partial charge in [-0.25, -0.2) is 0 Å². The van der Waals surface area contributed by atoms with E-state index in [-0.39, 0.29) is 11.9 Å². The highest BCUT2D eigenvalue weighted by Gasteiger charge is 2.29. The Morgan fingerprint density at radius 1 is 1.44 bits per heavy atom. The summed E-state index contributed by atoms with van der Waals surface area (Å²) in [7, 11) is 0. The Morgan fingerprint density at radius 2 is 2.17 bits per heavy atom. The van der Waals surface area contributed by atoms with Gasteiger partial charge in [0.15, 0.2) is 0 Å². The van der Waals surface area contributed by atoms with Crippen molar-refractivity contribution in [3.05, 3.63) is 28.8 Å². The van der Waals surface area contributed by atoms with Gasteiger partial charge in [0.05, 0.1) is 0 Å². The number of halogens is 1. The lowest BCUT2D eigenvalue weighted by Gasteiger charge is -2.37. The van der Waals surface area contributed by atoms with Crippen molar-refractivity contribution in [2.75, 3.05) is 18.0 Å². The van der Waals surface area contributed by atoms with Crippen molar-refractivity contribution >= 4 is 35.0 Å². The van der Waals surface area contributed by atoms with Crippen LogP contribution in [0.3, 0.4) is 0 Å². The van der Waals surface area contributed by atoms with Gasteiger partial charge in [-0.1, -0.05) is 18.5 Å². The quantitative estimate of drug-likeness (QED) is 0.807. The van der Waals surface area contributed by atoms with E-state index < -0.39 is 0 Å². The molecule has 2 unspecified atom stereocenters. The first-order valence-corrected chi connectivity index (χ1v) is 7.40. The molecular formula is C13H17ClN2OS. The van der Waals surface area contributed by atoms with Crippen LogP contribution in [-0.2, 0) is 0 Å². The number of thioether (sulfide) groups is 1. The molecule has 2 N–H and O–H groups in total. The molecule has 5 heteroatoms. The molecule has 2 atom stereocenters. The summed E-state index contributed by atoms with van der Waals surface area (Å²) in [6, 6.07) is 5.25. The highest BCUT2D eigenvalue weighted by Crippen LogP contribution is 2.26. The van der Waals surface area contributed by atoms with Crippen molar-refractivity contribution in [1.82, 2.24) is 4.90 Å². The van der Waals surface area contributed by atoms with Gasteiger partial charge in [-0.3, -0.25) is 4.79 Å². The lowest BCUT2D eigenvalue weighted by atomic mass is 10.1. The number of anilines is 1. The molecule has 1 heterocycles. The number of nitrogens with zero attached hydrogens (tertiary/aromatic N) is 1. The summed E-state index contributed by atoms with van der Waals surface area (Å²) in [6.45, 7) is 5.02. The van der Waals surface area contributed by atoms with Gasteiger partial charge in [0.2, 0.25) is 0 Å². The monoisotopic (exact) mass is 284 g/mol. The van der Waals surface area contributed by atoms with Crippen LogP contribution in [0.5, 0.6) is 0 Å². The van der Waals surface area contributed by atoms with Gasteiger partial charge in [0.25, 0.3) is 5.91 Å². The van der Waals surface area contributed by atoms with Gasteiger partial charge in [-0.15, -0.1) is 0 Å². The summed E-state index contributed by atoms with van der Waals surface area (Å²) in [4.78, 5) is 14.4. The van der Waals surface area contributed by atoms with Crippen LogP contribution in [0, 0.1) is 0 Å². The van der Waals surface area contributed by atoms with Gasteiger partial charge in [-0.2, -0.15) is 11.8 Å². The molecule has 3 nitrogen and oxygen atoms in total. The van der Waals surface area contributed by atoms with Crippen molar-refractivity contribution in [3.63, 3.8) is 0 Å². The summed E-state index contributed by atoms with van der Waals surface area (Å²) in [6.07, 6.45) is 0. The molecule has 1 saturated heterocycles. The van der Waals surface area contributed by atoms with E-state index in [9.17, 15) is 4.79 Å². The summed E-state index contributed by atoms with van der Waals surface area (Å²) in [5, 5.41) is 0.963. The fourth-order valence-electron chi connectivity index (χ4n) is 2.12. The highest BCUT2D eigenvalue weighted by atomic mass is 35.5. The number of benzene rings is 1. The second-order valence-electron chi connectivity index (χ2n) is 4.59. The van der Waals surface area contributed by atoms with Crippen molar-refractivity contribution in [2.45, 2.75) is 25.1 Å². The Morgan fingerprint density at radius 3 is 2.83 bits per heavy atom. The van der Waals surface area contributed by atoms with Crippen LogP contribution in [0.15, 0.2) is 18.2 Å². The van der Waals surface area contributed by atoms with Gasteiger partial charge in [0, 0.05) is 39.9 Å². The topological polar surface area (TPSA) is 46.3 Å². The van der Waals surface area contributed by atoms with E-state index in [1.165, 1.54) is 0 Å². The van der Waals surface area contributed by atoms with Crippen LogP contribution < -0.4 is 5.73 Å². The van der Waals surface area contributed by atoms with Gasteiger partial charge in [0.1, 0.15) is 0 Å². The molecule has 18 heavy (non-hydrogen) atoms. The van der Waals surface area contributed by atoms with Gasteiger partial charge >= 0.3 is 0 Å². The van der Waals surface area contributed by atoms with E-state index in [4.69, 9.17) is 17.3 Å². The number of rotatable bonds is 1. The minimum absolute atomic E-state index is 0.0175. The maximum absolute atomic E-state index is 12.5. The fourth-order valence-corrected chi connectivity index (χ4v) is 3.46. The predicted molar refractivity (Wildman–Crippen MR) is 78.3 cm³/mol. The summed E-state index contributed by atoms with van der Waals surface area (Å²) >= 11 is 7.85. The molecule has 1 amide bonds. The zero-order valence-electron chi connectivity index (χ0n) is 10.5. The molecule has 0 aliphatic carbocycles. The smallest absolute Gasteiger partial charge is 0.254 e. The molecular weight excluding hydrogens is 268 g/mol. The van der Waals surface area contributed by atoms with Crippen molar-refractivity contribution in [2.24, 2.45) is 0 Å². The predicted octanol–water partition coefficient (Wildman–Crippen LogP) is 2.89. The first-order valence-electron chi connectivity index (χ1n) is 5.97. The van der Waals surface area contributed by atoms with Crippen LogP contribution in [0.1, 0.15) is 24.2 Å². The minimum Gasteiger partial charge on any atom is -0.399 e. The summed E-state index contributed by atoms with van der Waals surface area (Å²) < 4.78 is 0. The molecule has 0 bridgehead atoms. The normalized spacial score (nSPS) is 24.1. The Labute approximate surface area is 117 Å². The van der Waals surface area contributed by atoms with Crippen LogP contribution >= 0.6 is 23.4 Å². The Hall–Kier alpha value is -0.870. The van der Waals surface area contributed by atoms with Crippen molar-refractivity contribution in [3.8, 4) is 0 Å². The molecule has 98 valence electrons. The molecule has 0 radical (unpaired) electrons. The molecule has 1 aromatic carbocycles. The van der Waals surface area contributed by atoms with Crippen LogP contribution in [-0.4, -0.2) is 34.4 Å². The number of carbonyl (C=O) groups excluding carboxylic acids is 1. The Kier molecular flexibility index (Phi) is 4.07. The average molecular weight is 285 g/mol. The maximum atomic E-state index is 12.5. The number of nitrogen functional groups attached to an aromatic ring is 1. The maximum Gasteiger partial charge on any atom is 0.254 e. The van der Waals surface area contributed by atoms with Crippen LogP contribution in [0.25, 0.3) is 0 Å². The number of nitrogens with two attached hydrogens (primary N) is 1. The van der Waals surface area contributed by atoms with E-state index in [1.54, 1.807) is 18.2 Å². The first-order chi connectivity index (χ1) is 8.49. The number of amides is 1. The zero-order valence-corrected chi connectivity index (χ0v) is 12.1. The average Bonchev–Trinajstić information content (AvgIpc) is 2.30. The highest BCUT2D eigenvalue weighted by molar-refractivity contribution is 8.00. The molecule has 0 aromatic heterocycles. The number of carbonyl (C=O) groups is 1. The van der Waals surface area contributed by atoms with Crippen molar-refractivity contribution < 1.29 is 4.79 Å². The third kappa shape index (κ3) is 2.75. The second-order valence-corrected chi connectivity index (χ2v) is 6.51. The zero-order chi connectivity index (χ0) is 13.3. The molecule has 1 aliphatic rings. The summed E-state index contributed by atoms with van der Waals surface area (Å²) in [5.74, 6) is 0.997. The first kappa shape index (κ1) is 13.6. The lowest BCUT2D eigenvalue weighted by Crippen LogP contribution is -2.47. The Bertz CT molecular complexity index is 446. The second kappa shape index (κ2) is 5.41. The molecule has 1 aromatic rings. The third-order valence-corrected chi connectivity index (χ3v) is 4.87. The van der Waals surface area contributed by atoms with Gasteiger partial charge in [-0.05, 0) is 25.1 Å². The lowest BCUT2D eigenvalue weighted by molar-refractivity contribution is 0.0698. The van der Waals surface area contributed by atoms with E-state index in [2.05, 4.69) is 13.8 Å². The standard InChI is InChI=1S/C13H17ClN2OS/c1-8-9(2)18-4-3-16(8)13(17)10-5-11(14)7-12(15)6-10/h5-9H,3-4,15H2,1-2H3. The van der Waals surface area contributed by atoms with Crippen LogP contribution in [0.4, 0.5) is 5.69 Å². The summed E-state index contributed by atoms with van der Waals surface area (Å²) in [5.41, 5.74) is 6.83. The van der Waals surface area contributed by atoms with Crippen LogP contribution in [0.2, 0.25) is 5.02 Å². The Balaban J connectivity index is 2.24. The SMILES string of the molecule is CC1SCCN(C(=O)c2cc(N)cc(Cl)c2)C1C. The molecule has 0 spiro atoms. The minimum atomic E-state index is 0.0175. The van der Waals surface area contributed by atoms with Gasteiger partial charge < -0.3 is 10.6 Å². The van der Waals surface area contributed by atoms with E-state index in [0.29, 0.717) is 21.5 Å². The van der Waals surface area contributed by atoms with Crippen molar-refractivity contribution in [1.29, 1.82) is 0 Å². The third-order valence-electron chi connectivity index (χ3n) is 3.31. The number of hydrogen-bond acceptors (Lipinski definition) is 3. The number of hydrogen-bond donors (Lipinski definition) is 1. The molecule has 2 rings (SSSR count). The van der Waals surface area contributed by atoms with E-state index in [1.807, 2.05) is 16.7 Å². The van der Waals surface area contributed by atoms with E-state index in [0.717, 1.165) is 12.3 Å².